The molecule has 0 fully saturated rings. The normalized spacial score (nSPS) is 12.4. The lowest BCUT2D eigenvalue weighted by Gasteiger charge is -2.23. The Balaban J connectivity index is 2.48. The maximum Gasteiger partial charge on any atom is 0.0581 e. The fraction of sp³-hybridized carbons (Fsp3) is 0.294. The van der Waals surface area contributed by atoms with Crippen molar-refractivity contribution in [2.45, 2.75) is 26.8 Å². The largest absolute Gasteiger partial charge is 0.307 e. The van der Waals surface area contributed by atoms with Crippen LogP contribution in [0.3, 0.4) is 0 Å². The molecule has 1 nitrogen and oxygen atoms in total. The number of hydrogen-bond donors (Lipinski definition) is 1. The molecule has 0 aromatic heterocycles. The minimum Gasteiger partial charge on any atom is -0.307 e. The van der Waals surface area contributed by atoms with E-state index in [4.69, 9.17) is 11.6 Å². The number of rotatable bonds is 4. The van der Waals surface area contributed by atoms with Gasteiger partial charge < -0.3 is 5.32 Å². The summed E-state index contributed by atoms with van der Waals surface area (Å²) in [6.45, 7) is 7.41. The Morgan fingerprint density at radius 2 is 1.58 bits per heavy atom. The minimum absolute atomic E-state index is 0.225. The van der Waals surface area contributed by atoms with Crippen molar-refractivity contribution in [3.05, 3.63) is 69.7 Å². The third kappa shape index (κ3) is 3.17. The standard InChI is InChI=1S/C17H20ClN/c1-4-19-17(14-8-10-15(18)11-9-14)16-12(2)6-5-7-13(16)3/h5-11,17,19H,4H2,1-3H3. The molecule has 0 radical (unpaired) electrons. The topological polar surface area (TPSA) is 12.0 Å². The molecule has 2 rings (SSSR count). The van der Waals surface area contributed by atoms with E-state index >= 15 is 0 Å². The van der Waals surface area contributed by atoms with E-state index in [1.165, 1.54) is 22.3 Å². The Morgan fingerprint density at radius 1 is 1.00 bits per heavy atom. The van der Waals surface area contributed by atoms with Gasteiger partial charge >= 0.3 is 0 Å². The first kappa shape index (κ1) is 14.1. The van der Waals surface area contributed by atoms with Crippen LogP contribution in [0.4, 0.5) is 0 Å². The second-order valence-corrected chi connectivity index (χ2v) is 5.28. The van der Waals surface area contributed by atoms with Gasteiger partial charge in [0, 0.05) is 5.02 Å². The molecule has 1 atom stereocenters. The zero-order valence-corrected chi connectivity index (χ0v) is 12.5. The summed E-state index contributed by atoms with van der Waals surface area (Å²) in [7, 11) is 0. The van der Waals surface area contributed by atoms with E-state index in [0.29, 0.717) is 0 Å². The zero-order valence-electron chi connectivity index (χ0n) is 11.7. The molecule has 2 heteroatoms. The van der Waals surface area contributed by atoms with Crippen molar-refractivity contribution < 1.29 is 0 Å². The monoisotopic (exact) mass is 273 g/mol. The van der Waals surface area contributed by atoms with E-state index in [0.717, 1.165) is 11.6 Å². The summed E-state index contributed by atoms with van der Waals surface area (Å²) in [4.78, 5) is 0. The van der Waals surface area contributed by atoms with Crippen LogP contribution >= 0.6 is 11.6 Å². The molecule has 0 bridgehead atoms. The second kappa shape index (κ2) is 6.23. The molecular formula is C17H20ClN. The SMILES string of the molecule is CCNC(c1ccc(Cl)cc1)c1c(C)cccc1C. The van der Waals surface area contributed by atoms with Gasteiger partial charge in [0.25, 0.3) is 0 Å². The smallest absolute Gasteiger partial charge is 0.0581 e. The summed E-state index contributed by atoms with van der Waals surface area (Å²) in [6, 6.07) is 14.8. The number of benzene rings is 2. The van der Waals surface area contributed by atoms with Gasteiger partial charge in [-0.1, -0.05) is 48.9 Å². The van der Waals surface area contributed by atoms with Gasteiger partial charge in [-0.15, -0.1) is 0 Å². The first-order valence-electron chi connectivity index (χ1n) is 6.68. The highest BCUT2D eigenvalue weighted by atomic mass is 35.5. The zero-order chi connectivity index (χ0) is 13.8. The maximum atomic E-state index is 5.98. The molecule has 0 amide bonds. The van der Waals surface area contributed by atoms with Crippen LogP contribution in [0, 0.1) is 13.8 Å². The lowest BCUT2D eigenvalue weighted by atomic mass is 9.91. The maximum absolute atomic E-state index is 5.98. The van der Waals surface area contributed by atoms with Crippen molar-refractivity contribution in [1.82, 2.24) is 5.32 Å². The summed E-state index contributed by atoms with van der Waals surface area (Å²) in [5, 5.41) is 4.35. The number of halogens is 1. The highest BCUT2D eigenvalue weighted by molar-refractivity contribution is 6.30. The minimum atomic E-state index is 0.225. The van der Waals surface area contributed by atoms with Crippen LogP contribution in [-0.2, 0) is 0 Å². The summed E-state index contributed by atoms with van der Waals surface area (Å²) in [5.41, 5.74) is 5.26. The first-order chi connectivity index (χ1) is 9.13. The van der Waals surface area contributed by atoms with Crippen molar-refractivity contribution >= 4 is 11.6 Å². The van der Waals surface area contributed by atoms with Gasteiger partial charge in [-0.2, -0.15) is 0 Å². The fourth-order valence-corrected chi connectivity index (χ4v) is 2.65. The molecule has 0 spiro atoms. The molecule has 1 unspecified atom stereocenters. The Bertz CT molecular complexity index is 525. The van der Waals surface area contributed by atoms with E-state index in [1.54, 1.807) is 0 Å². The van der Waals surface area contributed by atoms with Crippen molar-refractivity contribution in [3.63, 3.8) is 0 Å². The fourth-order valence-electron chi connectivity index (χ4n) is 2.53. The highest BCUT2D eigenvalue weighted by Gasteiger charge is 2.16. The summed E-state index contributed by atoms with van der Waals surface area (Å²) in [5.74, 6) is 0. The van der Waals surface area contributed by atoms with Crippen molar-refractivity contribution in [3.8, 4) is 0 Å². The lowest BCUT2D eigenvalue weighted by Crippen LogP contribution is -2.23. The highest BCUT2D eigenvalue weighted by Crippen LogP contribution is 2.28. The van der Waals surface area contributed by atoms with Crippen LogP contribution in [0.1, 0.15) is 35.2 Å². The van der Waals surface area contributed by atoms with Gasteiger partial charge in [-0.25, -0.2) is 0 Å². The van der Waals surface area contributed by atoms with E-state index in [2.05, 4.69) is 56.4 Å². The second-order valence-electron chi connectivity index (χ2n) is 4.85. The molecule has 0 saturated carbocycles. The average molecular weight is 274 g/mol. The van der Waals surface area contributed by atoms with Gasteiger partial charge in [-0.05, 0) is 54.8 Å². The van der Waals surface area contributed by atoms with Crippen LogP contribution in [0.5, 0.6) is 0 Å². The van der Waals surface area contributed by atoms with Crippen molar-refractivity contribution in [2.75, 3.05) is 6.54 Å². The third-order valence-corrected chi connectivity index (χ3v) is 3.69. The van der Waals surface area contributed by atoms with Crippen molar-refractivity contribution in [1.29, 1.82) is 0 Å². The Labute approximate surface area is 120 Å². The van der Waals surface area contributed by atoms with Crippen LogP contribution < -0.4 is 5.32 Å². The molecule has 100 valence electrons. The van der Waals surface area contributed by atoms with Crippen LogP contribution in [0.2, 0.25) is 5.02 Å². The van der Waals surface area contributed by atoms with E-state index in [9.17, 15) is 0 Å². The van der Waals surface area contributed by atoms with Gasteiger partial charge in [0.1, 0.15) is 0 Å². The predicted molar refractivity (Wildman–Crippen MR) is 82.9 cm³/mol. The van der Waals surface area contributed by atoms with Crippen LogP contribution in [0.25, 0.3) is 0 Å². The Hall–Kier alpha value is -1.31. The predicted octanol–water partition coefficient (Wildman–Crippen LogP) is 4.66. The van der Waals surface area contributed by atoms with E-state index in [-0.39, 0.29) is 6.04 Å². The molecule has 0 aliphatic carbocycles. The Kier molecular flexibility index (Phi) is 4.62. The van der Waals surface area contributed by atoms with Crippen LogP contribution in [0.15, 0.2) is 42.5 Å². The molecule has 2 aromatic carbocycles. The van der Waals surface area contributed by atoms with Gasteiger partial charge in [0.15, 0.2) is 0 Å². The number of nitrogens with one attached hydrogen (secondary N) is 1. The quantitative estimate of drug-likeness (QED) is 0.855. The van der Waals surface area contributed by atoms with E-state index < -0.39 is 0 Å². The first-order valence-corrected chi connectivity index (χ1v) is 7.06. The third-order valence-electron chi connectivity index (χ3n) is 3.44. The molecule has 2 aromatic rings. The number of hydrogen-bond acceptors (Lipinski definition) is 1. The van der Waals surface area contributed by atoms with E-state index in [1.807, 2.05) is 12.1 Å². The molecule has 1 N–H and O–H groups in total. The summed E-state index contributed by atoms with van der Waals surface area (Å²) >= 11 is 5.98. The Morgan fingerprint density at radius 3 is 2.11 bits per heavy atom. The molecule has 0 heterocycles. The number of aryl methyl sites for hydroxylation is 2. The van der Waals surface area contributed by atoms with Gasteiger partial charge in [-0.3, -0.25) is 0 Å². The molecule has 0 saturated heterocycles. The molecule has 19 heavy (non-hydrogen) atoms. The van der Waals surface area contributed by atoms with Crippen molar-refractivity contribution in [2.24, 2.45) is 0 Å². The average Bonchev–Trinajstić information content (AvgIpc) is 2.38. The van der Waals surface area contributed by atoms with Gasteiger partial charge in [0.05, 0.1) is 6.04 Å². The summed E-state index contributed by atoms with van der Waals surface area (Å²) < 4.78 is 0. The van der Waals surface area contributed by atoms with Crippen LogP contribution in [-0.4, -0.2) is 6.54 Å². The molecule has 0 aliphatic heterocycles. The van der Waals surface area contributed by atoms with Gasteiger partial charge in [0.2, 0.25) is 0 Å². The molecular weight excluding hydrogens is 254 g/mol. The molecule has 0 aliphatic rings. The summed E-state index contributed by atoms with van der Waals surface area (Å²) in [6.07, 6.45) is 0. The lowest BCUT2D eigenvalue weighted by molar-refractivity contribution is 0.625.